The molecule has 37 heavy (non-hydrogen) atoms. The normalized spacial score (nSPS) is 34.5. The summed E-state index contributed by atoms with van der Waals surface area (Å²) in [5.41, 5.74) is 2.67. The highest BCUT2D eigenvalue weighted by Gasteiger charge is 2.52. The van der Waals surface area contributed by atoms with Crippen LogP contribution in [0.1, 0.15) is 0 Å². The first-order valence-corrected chi connectivity index (χ1v) is 11.7. The minimum absolute atomic E-state index is 0.166. The Kier molecular flexibility index (Phi) is 9.07. The van der Waals surface area contributed by atoms with Crippen LogP contribution < -0.4 is 5.43 Å². The number of hydrogen-bond acceptors (Lipinski definition) is 15. The predicted octanol–water partition coefficient (Wildman–Crippen LogP) is -2.78. The van der Waals surface area contributed by atoms with E-state index in [0.29, 0.717) is 5.69 Å². The van der Waals surface area contributed by atoms with Crippen molar-refractivity contribution in [2.45, 2.75) is 55.1 Å². The fourth-order valence-electron chi connectivity index (χ4n) is 3.51. The summed E-state index contributed by atoms with van der Waals surface area (Å²) in [6, 6.07) is 5.10. The molecular weight excluding hydrogens is 530 g/mol. The molecule has 0 aromatic heterocycles. The molecule has 0 bridgehead atoms. The summed E-state index contributed by atoms with van der Waals surface area (Å²) in [7, 11) is -4.96. The van der Waals surface area contributed by atoms with Gasteiger partial charge in [-0.05, 0) is 12.1 Å². The van der Waals surface area contributed by atoms with E-state index >= 15 is 0 Å². The SMILES string of the molecule is O=C(O)[C@@H]1O[C@@H](O[C@H]2[C@H](O)[C@@H](/C=N/Nc3ccc([N+](=O)[O-])cc3)O[C@@H]2COS(=O)(=O)O)[C@H](O)[C@@H](O)[C@@H]1O. The lowest BCUT2D eigenvalue weighted by atomic mass is 9.98. The molecule has 2 heterocycles. The zero-order valence-corrected chi connectivity index (χ0v) is 19.3. The number of carbonyl (C=O) groups is 1. The third kappa shape index (κ3) is 7.13. The van der Waals surface area contributed by atoms with Crippen LogP contribution in [-0.4, -0.2) is 117 Å². The van der Waals surface area contributed by atoms with Gasteiger partial charge < -0.3 is 39.7 Å². The van der Waals surface area contributed by atoms with Crippen molar-refractivity contribution in [2.24, 2.45) is 5.10 Å². The minimum Gasteiger partial charge on any atom is -0.479 e. The van der Waals surface area contributed by atoms with Gasteiger partial charge >= 0.3 is 16.4 Å². The van der Waals surface area contributed by atoms with E-state index in [9.17, 15) is 43.8 Å². The standard InChI is InChI=1S/C18H23N3O15S/c22-11-9(5-19-20-7-1-3-8(4-2-7)21(28)29)34-10(6-33-37(30,31)32)15(11)35-18-14(25)12(23)13(24)16(36-18)17(26)27/h1-5,9-16,18,20,22-25H,6H2,(H,26,27)(H,30,31,32)/b19-5+/t9-,10-,11-,12+,13+,14-,15-,16-,18-/m1/s1. The second-order valence-electron chi connectivity index (χ2n) is 7.87. The van der Waals surface area contributed by atoms with E-state index in [1.54, 1.807) is 0 Å². The van der Waals surface area contributed by atoms with Crippen molar-refractivity contribution in [1.29, 1.82) is 0 Å². The number of hydrazone groups is 1. The third-order valence-corrected chi connectivity index (χ3v) is 5.78. The Morgan fingerprint density at radius 3 is 2.32 bits per heavy atom. The van der Waals surface area contributed by atoms with Crippen molar-refractivity contribution in [1.82, 2.24) is 0 Å². The molecule has 0 aliphatic carbocycles. The number of ether oxygens (including phenoxy) is 3. The highest BCUT2D eigenvalue weighted by molar-refractivity contribution is 7.80. The Labute approximate surface area is 207 Å². The first-order chi connectivity index (χ1) is 17.3. The van der Waals surface area contributed by atoms with Gasteiger partial charge in [-0.1, -0.05) is 0 Å². The Bertz CT molecular complexity index is 1100. The van der Waals surface area contributed by atoms with Gasteiger partial charge in [-0.2, -0.15) is 13.5 Å². The van der Waals surface area contributed by atoms with Crippen LogP contribution in [0.4, 0.5) is 11.4 Å². The summed E-state index contributed by atoms with van der Waals surface area (Å²) >= 11 is 0. The van der Waals surface area contributed by atoms with Crippen LogP contribution in [-0.2, 0) is 33.6 Å². The first-order valence-electron chi connectivity index (χ1n) is 10.4. The maximum absolute atomic E-state index is 11.3. The largest absolute Gasteiger partial charge is 0.479 e. The summed E-state index contributed by atoms with van der Waals surface area (Å²) in [5, 5.41) is 64.3. The molecule has 2 aliphatic heterocycles. The molecule has 2 aliphatic rings. The van der Waals surface area contributed by atoms with Crippen molar-refractivity contribution in [3.8, 4) is 0 Å². The summed E-state index contributed by atoms with van der Waals surface area (Å²) in [6.07, 6.45) is -15.0. The predicted molar refractivity (Wildman–Crippen MR) is 117 cm³/mol. The molecule has 0 unspecified atom stereocenters. The summed E-state index contributed by atoms with van der Waals surface area (Å²) in [5.74, 6) is -1.69. The average molecular weight is 553 g/mol. The highest BCUT2D eigenvalue weighted by Crippen LogP contribution is 2.30. The number of aliphatic hydroxyl groups excluding tert-OH is 4. The van der Waals surface area contributed by atoms with Crippen molar-refractivity contribution in [3.63, 3.8) is 0 Å². The van der Waals surface area contributed by atoms with E-state index in [4.69, 9.17) is 23.9 Å². The van der Waals surface area contributed by atoms with E-state index < -0.39 is 83.0 Å². The molecule has 19 heteroatoms. The Hall–Kier alpha value is -2.85. The zero-order valence-electron chi connectivity index (χ0n) is 18.5. The van der Waals surface area contributed by atoms with Crippen LogP contribution in [0, 0.1) is 10.1 Å². The van der Waals surface area contributed by atoms with Crippen LogP contribution >= 0.6 is 0 Å². The number of aliphatic hydroxyl groups is 4. The number of nitro groups is 1. The van der Waals surface area contributed by atoms with Crippen molar-refractivity contribution in [2.75, 3.05) is 12.0 Å². The molecule has 3 rings (SSSR count). The topological polar surface area (TPSA) is 277 Å². The van der Waals surface area contributed by atoms with Gasteiger partial charge in [0, 0.05) is 12.1 Å². The van der Waals surface area contributed by atoms with Crippen LogP contribution in [0.25, 0.3) is 0 Å². The lowest BCUT2D eigenvalue weighted by Crippen LogP contribution is -2.61. The van der Waals surface area contributed by atoms with E-state index in [1.165, 1.54) is 24.3 Å². The monoisotopic (exact) mass is 553 g/mol. The van der Waals surface area contributed by atoms with E-state index in [-0.39, 0.29) is 5.69 Å². The van der Waals surface area contributed by atoms with Gasteiger partial charge in [0.1, 0.15) is 42.7 Å². The Morgan fingerprint density at radius 1 is 1.11 bits per heavy atom. The number of carboxylic acids is 1. The maximum Gasteiger partial charge on any atom is 0.397 e. The van der Waals surface area contributed by atoms with Gasteiger partial charge in [0.25, 0.3) is 5.69 Å². The molecule has 7 N–H and O–H groups in total. The quantitative estimate of drug-likeness (QED) is 0.0667. The van der Waals surface area contributed by atoms with Crippen LogP contribution in [0.15, 0.2) is 29.4 Å². The van der Waals surface area contributed by atoms with Crippen LogP contribution in [0.2, 0.25) is 0 Å². The number of nitro benzene ring substituents is 1. The number of carboxylic acid groups (broad SMARTS) is 1. The number of nitrogens with zero attached hydrogens (tertiary/aromatic N) is 2. The van der Waals surface area contributed by atoms with Gasteiger partial charge in [0.15, 0.2) is 12.4 Å². The second kappa shape index (κ2) is 11.7. The van der Waals surface area contributed by atoms with Crippen LogP contribution in [0.3, 0.4) is 0 Å². The molecule has 1 aromatic rings. The number of hydrogen-bond donors (Lipinski definition) is 7. The summed E-state index contributed by atoms with van der Waals surface area (Å²) < 4.78 is 51.0. The fourth-order valence-corrected chi connectivity index (χ4v) is 3.81. The minimum atomic E-state index is -4.96. The molecule has 9 atom stereocenters. The molecule has 2 fully saturated rings. The maximum atomic E-state index is 11.3. The molecular formula is C18H23N3O15S. The van der Waals surface area contributed by atoms with Gasteiger partial charge in [0.05, 0.1) is 23.4 Å². The molecule has 0 amide bonds. The van der Waals surface area contributed by atoms with E-state index in [2.05, 4.69) is 14.7 Å². The number of rotatable bonds is 10. The number of benzene rings is 1. The lowest BCUT2D eigenvalue weighted by molar-refractivity contribution is -0.384. The molecule has 1 aromatic carbocycles. The molecule has 0 spiro atoms. The Balaban J connectivity index is 1.74. The summed E-state index contributed by atoms with van der Waals surface area (Å²) in [4.78, 5) is 21.4. The van der Waals surface area contributed by atoms with Gasteiger partial charge in [-0.25, -0.2) is 8.98 Å². The fraction of sp³-hybridized carbons (Fsp3) is 0.556. The third-order valence-electron chi connectivity index (χ3n) is 5.35. The van der Waals surface area contributed by atoms with Crippen molar-refractivity contribution in [3.05, 3.63) is 34.4 Å². The Morgan fingerprint density at radius 2 is 1.76 bits per heavy atom. The van der Waals surface area contributed by atoms with Crippen molar-refractivity contribution < 1.29 is 66.6 Å². The second-order valence-corrected chi connectivity index (χ2v) is 8.96. The molecule has 206 valence electrons. The molecule has 2 saturated heterocycles. The van der Waals surface area contributed by atoms with Crippen LogP contribution in [0.5, 0.6) is 0 Å². The molecule has 0 saturated carbocycles. The van der Waals surface area contributed by atoms with E-state index in [0.717, 1.165) is 6.21 Å². The molecule has 18 nitrogen and oxygen atoms in total. The number of aliphatic carboxylic acids is 1. The zero-order chi connectivity index (χ0) is 27.5. The number of anilines is 1. The van der Waals surface area contributed by atoms with E-state index in [1.807, 2.05) is 0 Å². The first kappa shape index (κ1) is 28.7. The highest BCUT2D eigenvalue weighted by atomic mass is 32.3. The smallest absolute Gasteiger partial charge is 0.397 e. The lowest BCUT2D eigenvalue weighted by Gasteiger charge is -2.40. The average Bonchev–Trinajstić information content (AvgIpc) is 3.12. The summed E-state index contributed by atoms with van der Waals surface area (Å²) in [6.45, 7) is -0.906. The number of nitrogens with one attached hydrogen (secondary N) is 1. The van der Waals surface area contributed by atoms with Gasteiger partial charge in [-0.15, -0.1) is 0 Å². The van der Waals surface area contributed by atoms with Crippen molar-refractivity contribution >= 4 is 34.0 Å². The van der Waals surface area contributed by atoms with Gasteiger partial charge in [0.2, 0.25) is 0 Å². The van der Waals surface area contributed by atoms with Gasteiger partial charge in [-0.3, -0.25) is 20.1 Å². The number of non-ortho nitro benzene ring substituents is 1. The molecule has 0 radical (unpaired) electrons.